The second kappa shape index (κ2) is 6.08. The zero-order valence-corrected chi connectivity index (χ0v) is 10.0. The summed E-state index contributed by atoms with van der Waals surface area (Å²) in [5, 5.41) is 6.07. The second-order valence-corrected chi connectivity index (χ2v) is 4.35. The highest BCUT2D eigenvalue weighted by molar-refractivity contribution is 5.77. The lowest BCUT2D eigenvalue weighted by Crippen LogP contribution is -2.45. The van der Waals surface area contributed by atoms with Gasteiger partial charge in [0.2, 0.25) is 5.91 Å². The van der Waals surface area contributed by atoms with Crippen LogP contribution in [0.1, 0.15) is 20.3 Å². The summed E-state index contributed by atoms with van der Waals surface area (Å²) in [6.07, 6.45) is 1.10. The van der Waals surface area contributed by atoms with E-state index in [9.17, 15) is 4.79 Å². The van der Waals surface area contributed by atoms with Gasteiger partial charge in [0.25, 0.3) is 0 Å². The molecule has 1 rings (SSSR count). The number of hydrogen-bond acceptors (Lipinski definition) is 3. The van der Waals surface area contributed by atoms with Crippen molar-refractivity contribution in [3.8, 4) is 0 Å². The second-order valence-electron chi connectivity index (χ2n) is 4.35. The fraction of sp³-hybridized carbons (Fsp3) is 0.909. The number of likely N-dealkylation sites (N-methyl/N-ethyl adjacent to an activating group) is 1. The molecule has 4 nitrogen and oxygen atoms in total. The predicted molar refractivity (Wildman–Crippen MR) is 61.8 cm³/mol. The molecule has 0 radical (unpaired) electrons. The van der Waals surface area contributed by atoms with Gasteiger partial charge in [0.15, 0.2) is 0 Å². The Kier molecular flexibility index (Phi) is 5.05. The lowest BCUT2D eigenvalue weighted by Gasteiger charge is -2.30. The van der Waals surface area contributed by atoms with Crippen LogP contribution >= 0.6 is 0 Å². The Bertz CT molecular complexity index is 208. The monoisotopic (exact) mass is 213 g/mol. The summed E-state index contributed by atoms with van der Waals surface area (Å²) in [5.74, 6) is 0.753. The van der Waals surface area contributed by atoms with Gasteiger partial charge in [0.1, 0.15) is 0 Å². The topological polar surface area (TPSA) is 44.4 Å². The number of nitrogens with one attached hydrogen (secondary N) is 2. The van der Waals surface area contributed by atoms with Crippen LogP contribution in [0.3, 0.4) is 0 Å². The molecule has 88 valence electrons. The van der Waals surface area contributed by atoms with Gasteiger partial charge in [-0.3, -0.25) is 9.69 Å². The number of rotatable bonds is 5. The molecule has 1 fully saturated rings. The van der Waals surface area contributed by atoms with Crippen molar-refractivity contribution in [2.24, 2.45) is 5.92 Å². The summed E-state index contributed by atoms with van der Waals surface area (Å²) in [5.41, 5.74) is 0. The molecular weight excluding hydrogens is 190 g/mol. The minimum absolute atomic E-state index is 0.113. The lowest BCUT2D eigenvalue weighted by atomic mass is 10.0. The summed E-state index contributed by atoms with van der Waals surface area (Å²) < 4.78 is 0. The zero-order valence-electron chi connectivity index (χ0n) is 10.0. The summed E-state index contributed by atoms with van der Waals surface area (Å²) in [7, 11) is 1.70. The molecule has 1 aliphatic rings. The first-order valence-electron chi connectivity index (χ1n) is 5.84. The Balaban J connectivity index is 2.52. The molecule has 0 aromatic carbocycles. The van der Waals surface area contributed by atoms with Crippen molar-refractivity contribution < 1.29 is 4.79 Å². The lowest BCUT2D eigenvalue weighted by molar-refractivity contribution is -0.122. The maximum absolute atomic E-state index is 11.4. The van der Waals surface area contributed by atoms with Crippen LogP contribution in [0.25, 0.3) is 0 Å². The number of carbonyl (C=O) groups is 1. The minimum Gasteiger partial charge on any atom is -0.358 e. The average Bonchev–Trinajstić information content (AvgIpc) is 2.63. The molecule has 0 spiro atoms. The van der Waals surface area contributed by atoms with Crippen molar-refractivity contribution in [3.63, 3.8) is 0 Å². The van der Waals surface area contributed by atoms with Gasteiger partial charge in [-0.1, -0.05) is 13.8 Å². The van der Waals surface area contributed by atoms with Crippen molar-refractivity contribution in [1.29, 1.82) is 0 Å². The van der Waals surface area contributed by atoms with Crippen LogP contribution in [0.15, 0.2) is 0 Å². The highest BCUT2D eigenvalue weighted by Crippen LogP contribution is 2.15. The van der Waals surface area contributed by atoms with E-state index in [1.54, 1.807) is 7.05 Å². The molecule has 0 bridgehead atoms. The maximum Gasteiger partial charge on any atom is 0.233 e. The first-order chi connectivity index (χ1) is 7.19. The Hall–Kier alpha value is -0.610. The molecular formula is C11H23N3O. The quantitative estimate of drug-likeness (QED) is 0.678. The molecule has 0 saturated carbocycles. The van der Waals surface area contributed by atoms with Crippen LogP contribution < -0.4 is 10.6 Å². The number of carbonyl (C=O) groups excluding carboxylic acids is 1. The largest absolute Gasteiger partial charge is 0.358 e. The van der Waals surface area contributed by atoms with Gasteiger partial charge in [-0.15, -0.1) is 0 Å². The molecule has 2 N–H and O–H groups in total. The van der Waals surface area contributed by atoms with Crippen LogP contribution in [0.4, 0.5) is 0 Å². The smallest absolute Gasteiger partial charge is 0.233 e. The molecule has 2 atom stereocenters. The van der Waals surface area contributed by atoms with Gasteiger partial charge in [-0.05, 0) is 25.4 Å². The van der Waals surface area contributed by atoms with Gasteiger partial charge >= 0.3 is 0 Å². The Morgan fingerprint density at radius 2 is 2.27 bits per heavy atom. The maximum atomic E-state index is 11.4. The molecule has 0 aromatic heterocycles. The predicted octanol–water partition coefficient (Wildman–Crippen LogP) is 0.0523. The summed E-state index contributed by atoms with van der Waals surface area (Å²) >= 11 is 0. The van der Waals surface area contributed by atoms with Gasteiger partial charge in [0.05, 0.1) is 6.54 Å². The first kappa shape index (κ1) is 12.5. The molecule has 1 amide bonds. The molecule has 4 heteroatoms. The van der Waals surface area contributed by atoms with Gasteiger partial charge in [-0.25, -0.2) is 0 Å². The van der Waals surface area contributed by atoms with Crippen LogP contribution in [-0.4, -0.2) is 50.1 Å². The minimum atomic E-state index is 0.113. The third-order valence-electron chi connectivity index (χ3n) is 3.08. The molecule has 0 aromatic rings. The highest BCUT2D eigenvalue weighted by Gasteiger charge is 2.29. The standard InChI is InChI=1S/C11H23N3O/c1-4-5-14(8-11(15)12-3)10-7-13-6-9(10)2/h9-10,13H,4-8H2,1-3H3,(H,12,15). The van der Waals surface area contributed by atoms with Crippen LogP contribution in [-0.2, 0) is 4.79 Å². The summed E-state index contributed by atoms with van der Waals surface area (Å²) in [6.45, 7) is 8.02. The van der Waals surface area contributed by atoms with E-state index >= 15 is 0 Å². The van der Waals surface area contributed by atoms with E-state index in [0.717, 1.165) is 26.1 Å². The Morgan fingerprint density at radius 3 is 2.73 bits per heavy atom. The first-order valence-corrected chi connectivity index (χ1v) is 5.84. The van der Waals surface area contributed by atoms with E-state index in [1.165, 1.54) is 0 Å². The number of nitrogens with zero attached hydrogens (tertiary/aromatic N) is 1. The van der Waals surface area contributed by atoms with Crippen molar-refractivity contribution >= 4 is 5.91 Å². The van der Waals surface area contributed by atoms with Gasteiger partial charge in [0, 0.05) is 19.6 Å². The summed E-state index contributed by atoms with van der Waals surface area (Å²) in [4.78, 5) is 13.7. The summed E-state index contributed by atoms with van der Waals surface area (Å²) in [6, 6.07) is 0.516. The highest BCUT2D eigenvalue weighted by atomic mass is 16.1. The molecule has 2 unspecified atom stereocenters. The van der Waals surface area contributed by atoms with Gasteiger partial charge < -0.3 is 10.6 Å². The van der Waals surface area contributed by atoms with Crippen molar-refractivity contribution in [1.82, 2.24) is 15.5 Å². The van der Waals surface area contributed by atoms with Crippen LogP contribution in [0, 0.1) is 5.92 Å². The molecule has 15 heavy (non-hydrogen) atoms. The van der Waals surface area contributed by atoms with E-state index in [-0.39, 0.29) is 5.91 Å². The van der Waals surface area contributed by atoms with E-state index < -0.39 is 0 Å². The van der Waals surface area contributed by atoms with E-state index in [0.29, 0.717) is 18.5 Å². The van der Waals surface area contributed by atoms with E-state index in [1.807, 2.05) is 0 Å². The Labute approximate surface area is 92.4 Å². The van der Waals surface area contributed by atoms with Gasteiger partial charge in [-0.2, -0.15) is 0 Å². The molecule has 1 saturated heterocycles. The molecule has 1 heterocycles. The average molecular weight is 213 g/mol. The van der Waals surface area contributed by atoms with Crippen LogP contribution in [0.5, 0.6) is 0 Å². The molecule has 0 aliphatic carbocycles. The zero-order chi connectivity index (χ0) is 11.3. The fourth-order valence-corrected chi connectivity index (χ4v) is 2.20. The SMILES string of the molecule is CCCN(CC(=O)NC)C1CNCC1C. The van der Waals surface area contributed by atoms with Crippen LogP contribution in [0.2, 0.25) is 0 Å². The third-order valence-corrected chi connectivity index (χ3v) is 3.08. The van der Waals surface area contributed by atoms with E-state index in [4.69, 9.17) is 0 Å². The fourth-order valence-electron chi connectivity index (χ4n) is 2.20. The molecule has 1 aliphatic heterocycles. The van der Waals surface area contributed by atoms with Crippen molar-refractivity contribution in [2.45, 2.75) is 26.3 Å². The van der Waals surface area contributed by atoms with Crippen molar-refractivity contribution in [2.75, 3.05) is 33.2 Å². The third kappa shape index (κ3) is 3.47. The number of hydrogen-bond donors (Lipinski definition) is 2. The number of amides is 1. The van der Waals surface area contributed by atoms with E-state index in [2.05, 4.69) is 29.4 Å². The Morgan fingerprint density at radius 1 is 1.53 bits per heavy atom. The van der Waals surface area contributed by atoms with Crippen molar-refractivity contribution in [3.05, 3.63) is 0 Å². The normalized spacial score (nSPS) is 25.9.